The molecule has 1 aromatic rings. The van der Waals surface area contributed by atoms with Crippen LogP contribution < -0.4 is 22.9 Å². The minimum Gasteiger partial charge on any atom is -0.312 e. The van der Waals surface area contributed by atoms with E-state index >= 15 is 0 Å². The van der Waals surface area contributed by atoms with E-state index < -0.39 is 12.3 Å². The Labute approximate surface area is 71.5 Å². The molecule has 66 valence electrons. The largest absolute Gasteiger partial charge is 0.312 e. The summed E-state index contributed by atoms with van der Waals surface area (Å²) in [5.74, 6) is 0. The summed E-state index contributed by atoms with van der Waals surface area (Å²) < 4.78 is 0. The SMILES string of the molecule is NC(N)c1ccc(C(N)N)cc1. The lowest BCUT2D eigenvalue weighted by atomic mass is 10.1. The molecule has 0 saturated heterocycles. The molecule has 0 radical (unpaired) electrons. The molecule has 0 aliphatic heterocycles. The van der Waals surface area contributed by atoms with Crippen molar-refractivity contribution in [2.45, 2.75) is 12.3 Å². The van der Waals surface area contributed by atoms with Crippen LogP contribution in [0, 0.1) is 0 Å². The van der Waals surface area contributed by atoms with E-state index in [9.17, 15) is 0 Å². The average Bonchev–Trinajstić information content (AvgIpc) is 2.04. The minimum atomic E-state index is -0.437. The Morgan fingerprint density at radius 1 is 0.667 bits per heavy atom. The van der Waals surface area contributed by atoms with Crippen LogP contribution >= 0.6 is 0 Å². The highest BCUT2D eigenvalue weighted by atomic mass is 14.9. The Bertz CT molecular complexity index is 213. The van der Waals surface area contributed by atoms with Gasteiger partial charge in [0.05, 0.1) is 12.3 Å². The fourth-order valence-electron chi connectivity index (χ4n) is 0.940. The number of nitrogens with two attached hydrogens (primary N) is 4. The van der Waals surface area contributed by atoms with Gasteiger partial charge in [-0.05, 0) is 11.1 Å². The van der Waals surface area contributed by atoms with Crippen LogP contribution in [0.1, 0.15) is 23.5 Å². The second-order valence-electron chi connectivity index (χ2n) is 2.72. The van der Waals surface area contributed by atoms with Crippen LogP contribution in [0.5, 0.6) is 0 Å². The zero-order chi connectivity index (χ0) is 9.14. The van der Waals surface area contributed by atoms with E-state index in [0.717, 1.165) is 11.1 Å². The zero-order valence-corrected chi connectivity index (χ0v) is 6.77. The fourth-order valence-corrected chi connectivity index (χ4v) is 0.940. The lowest BCUT2D eigenvalue weighted by molar-refractivity contribution is 0.756. The first-order valence-electron chi connectivity index (χ1n) is 3.73. The summed E-state index contributed by atoms with van der Waals surface area (Å²) >= 11 is 0. The van der Waals surface area contributed by atoms with Crippen LogP contribution in [0.15, 0.2) is 24.3 Å². The van der Waals surface area contributed by atoms with Gasteiger partial charge in [-0.25, -0.2) is 0 Å². The van der Waals surface area contributed by atoms with E-state index in [4.69, 9.17) is 22.9 Å². The van der Waals surface area contributed by atoms with E-state index in [1.807, 2.05) is 24.3 Å². The minimum absolute atomic E-state index is 0.437. The summed E-state index contributed by atoms with van der Waals surface area (Å²) in [4.78, 5) is 0. The second-order valence-corrected chi connectivity index (χ2v) is 2.72. The first-order chi connectivity index (χ1) is 5.61. The maximum absolute atomic E-state index is 5.46. The molecule has 0 amide bonds. The van der Waals surface area contributed by atoms with Gasteiger partial charge in [0.15, 0.2) is 0 Å². The number of hydrogen-bond donors (Lipinski definition) is 4. The first kappa shape index (κ1) is 9.15. The fraction of sp³-hybridized carbons (Fsp3) is 0.250. The molecule has 12 heavy (non-hydrogen) atoms. The maximum Gasteiger partial charge on any atom is 0.0784 e. The van der Waals surface area contributed by atoms with E-state index in [0.29, 0.717) is 0 Å². The lowest BCUT2D eigenvalue weighted by Crippen LogP contribution is -2.22. The Morgan fingerprint density at radius 3 is 1.08 bits per heavy atom. The summed E-state index contributed by atoms with van der Waals surface area (Å²) in [6.07, 6.45) is -0.874. The van der Waals surface area contributed by atoms with Gasteiger partial charge in [-0.1, -0.05) is 24.3 Å². The molecule has 0 aromatic heterocycles. The van der Waals surface area contributed by atoms with Crippen molar-refractivity contribution in [3.63, 3.8) is 0 Å². The zero-order valence-electron chi connectivity index (χ0n) is 6.77. The third-order valence-corrected chi connectivity index (χ3v) is 1.71. The molecule has 1 aromatic carbocycles. The normalized spacial score (nSPS) is 11.2. The molecule has 0 bridgehead atoms. The quantitative estimate of drug-likeness (QED) is 0.445. The van der Waals surface area contributed by atoms with E-state index in [1.54, 1.807) is 0 Å². The van der Waals surface area contributed by atoms with Gasteiger partial charge in [0.1, 0.15) is 0 Å². The van der Waals surface area contributed by atoms with Crippen molar-refractivity contribution < 1.29 is 0 Å². The predicted molar refractivity (Wildman–Crippen MR) is 48.7 cm³/mol. The molecule has 0 fully saturated rings. The van der Waals surface area contributed by atoms with Gasteiger partial charge in [-0.15, -0.1) is 0 Å². The topological polar surface area (TPSA) is 104 Å². The molecule has 0 aliphatic rings. The summed E-state index contributed by atoms with van der Waals surface area (Å²) in [5, 5.41) is 0. The van der Waals surface area contributed by atoms with Gasteiger partial charge < -0.3 is 22.9 Å². The van der Waals surface area contributed by atoms with E-state index in [-0.39, 0.29) is 0 Å². The lowest BCUT2D eigenvalue weighted by Gasteiger charge is -2.08. The number of rotatable bonds is 2. The van der Waals surface area contributed by atoms with Crippen LogP contribution in [-0.2, 0) is 0 Å². The Morgan fingerprint density at radius 2 is 0.917 bits per heavy atom. The van der Waals surface area contributed by atoms with Crippen LogP contribution in [-0.4, -0.2) is 0 Å². The third-order valence-electron chi connectivity index (χ3n) is 1.71. The molecular formula is C8H14N4. The van der Waals surface area contributed by atoms with Crippen molar-refractivity contribution in [3.05, 3.63) is 35.4 Å². The van der Waals surface area contributed by atoms with Crippen LogP contribution in [0.4, 0.5) is 0 Å². The van der Waals surface area contributed by atoms with Gasteiger partial charge in [-0.2, -0.15) is 0 Å². The van der Waals surface area contributed by atoms with Crippen molar-refractivity contribution in [1.82, 2.24) is 0 Å². The summed E-state index contributed by atoms with van der Waals surface area (Å²) in [7, 11) is 0. The molecule has 0 atom stereocenters. The highest BCUT2D eigenvalue weighted by Gasteiger charge is 2.01. The highest BCUT2D eigenvalue weighted by Crippen LogP contribution is 2.09. The molecule has 4 nitrogen and oxygen atoms in total. The standard InChI is InChI=1S/C8H14N4/c9-7(10)5-1-2-6(4-3-5)8(11)12/h1-4,7-8H,9-12H2. The summed E-state index contributed by atoms with van der Waals surface area (Å²) in [5.41, 5.74) is 23.6. The van der Waals surface area contributed by atoms with Gasteiger partial charge in [0.25, 0.3) is 0 Å². The molecule has 0 spiro atoms. The second kappa shape index (κ2) is 3.64. The average molecular weight is 166 g/mol. The van der Waals surface area contributed by atoms with Crippen LogP contribution in [0.2, 0.25) is 0 Å². The molecule has 0 unspecified atom stereocenters. The number of benzene rings is 1. The summed E-state index contributed by atoms with van der Waals surface area (Å²) in [6.45, 7) is 0. The highest BCUT2D eigenvalue weighted by molar-refractivity contribution is 5.25. The van der Waals surface area contributed by atoms with Crippen molar-refractivity contribution in [2.75, 3.05) is 0 Å². The molecule has 1 rings (SSSR count). The number of hydrogen-bond acceptors (Lipinski definition) is 4. The molecule has 0 aliphatic carbocycles. The van der Waals surface area contributed by atoms with Gasteiger partial charge >= 0.3 is 0 Å². The maximum atomic E-state index is 5.46. The molecule has 0 saturated carbocycles. The predicted octanol–water partition coefficient (Wildman–Crippen LogP) is -0.481. The van der Waals surface area contributed by atoms with Crippen molar-refractivity contribution in [1.29, 1.82) is 0 Å². The Balaban J connectivity index is 2.86. The van der Waals surface area contributed by atoms with Gasteiger partial charge in [0, 0.05) is 0 Å². The monoisotopic (exact) mass is 166 g/mol. The van der Waals surface area contributed by atoms with E-state index in [1.165, 1.54) is 0 Å². The van der Waals surface area contributed by atoms with Crippen LogP contribution in [0.3, 0.4) is 0 Å². The van der Waals surface area contributed by atoms with Crippen LogP contribution in [0.25, 0.3) is 0 Å². The Kier molecular flexibility index (Phi) is 2.78. The molecule has 4 heteroatoms. The Hall–Kier alpha value is -0.940. The van der Waals surface area contributed by atoms with E-state index in [2.05, 4.69) is 0 Å². The van der Waals surface area contributed by atoms with Crippen molar-refractivity contribution >= 4 is 0 Å². The molecule has 8 N–H and O–H groups in total. The molecule has 0 heterocycles. The smallest absolute Gasteiger partial charge is 0.0784 e. The van der Waals surface area contributed by atoms with Gasteiger partial charge in [-0.3, -0.25) is 0 Å². The van der Waals surface area contributed by atoms with Gasteiger partial charge in [0.2, 0.25) is 0 Å². The third kappa shape index (κ3) is 2.02. The van der Waals surface area contributed by atoms with Crippen molar-refractivity contribution in [2.24, 2.45) is 22.9 Å². The van der Waals surface area contributed by atoms with Crippen molar-refractivity contribution in [3.8, 4) is 0 Å². The summed E-state index contributed by atoms with van der Waals surface area (Å²) in [6, 6.07) is 7.30. The molecular weight excluding hydrogens is 152 g/mol. The first-order valence-corrected chi connectivity index (χ1v) is 3.73.